The third-order valence-corrected chi connectivity index (χ3v) is 3.53. The highest BCUT2D eigenvalue weighted by Crippen LogP contribution is 2.28. The van der Waals surface area contributed by atoms with Crippen LogP contribution in [0.25, 0.3) is 6.08 Å². The normalized spacial score (nSPS) is 10.2. The molecule has 0 saturated heterocycles. The second-order valence-corrected chi connectivity index (χ2v) is 5.39. The molecule has 6 nitrogen and oxygen atoms in total. The minimum absolute atomic E-state index is 0.0212. The molecule has 0 radical (unpaired) electrons. The van der Waals surface area contributed by atoms with Gasteiger partial charge in [-0.1, -0.05) is 18.2 Å². The highest BCUT2D eigenvalue weighted by Gasteiger charge is 2.10. The summed E-state index contributed by atoms with van der Waals surface area (Å²) in [6.07, 6.45) is 8.58. The predicted octanol–water partition coefficient (Wildman–Crippen LogP) is 3.45. The SMILES string of the molecule is C#CCCOc1cc(/C=C/C(=O)Nc2ccccc2C(=O)O)ccc1OC. The maximum absolute atomic E-state index is 12.1. The van der Waals surface area contributed by atoms with Crippen molar-refractivity contribution in [1.82, 2.24) is 0 Å². The first-order chi connectivity index (χ1) is 13.0. The number of carboxylic acid groups (broad SMARTS) is 1. The highest BCUT2D eigenvalue weighted by atomic mass is 16.5. The van der Waals surface area contributed by atoms with E-state index in [1.807, 2.05) is 0 Å². The van der Waals surface area contributed by atoms with Crippen LogP contribution in [-0.4, -0.2) is 30.7 Å². The summed E-state index contributed by atoms with van der Waals surface area (Å²) >= 11 is 0. The molecular weight excluding hydrogens is 346 g/mol. The lowest BCUT2D eigenvalue weighted by molar-refractivity contribution is -0.111. The van der Waals surface area contributed by atoms with Crippen LogP contribution in [0.1, 0.15) is 22.3 Å². The van der Waals surface area contributed by atoms with Crippen LogP contribution in [0.3, 0.4) is 0 Å². The molecule has 0 unspecified atom stereocenters. The van der Waals surface area contributed by atoms with Crippen LogP contribution >= 0.6 is 0 Å². The van der Waals surface area contributed by atoms with Crippen molar-refractivity contribution in [2.24, 2.45) is 0 Å². The van der Waals surface area contributed by atoms with Crippen molar-refractivity contribution in [3.05, 3.63) is 59.7 Å². The van der Waals surface area contributed by atoms with Crippen molar-refractivity contribution in [1.29, 1.82) is 0 Å². The lowest BCUT2D eigenvalue weighted by atomic mass is 10.1. The molecule has 27 heavy (non-hydrogen) atoms. The minimum atomic E-state index is -1.11. The molecule has 2 N–H and O–H groups in total. The first-order valence-corrected chi connectivity index (χ1v) is 8.11. The number of carbonyl (C=O) groups is 2. The Hall–Kier alpha value is -3.72. The maximum Gasteiger partial charge on any atom is 0.337 e. The number of benzene rings is 2. The lowest BCUT2D eigenvalue weighted by Gasteiger charge is -2.10. The van der Waals surface area contributed by atoms with E-state index in [-0.39, 0.29) is 11.3 Å². The summed E-state index contributed by atoms with van der Waals surface area (Å²) in [6.45, 7) is 0.354. The molecule has 138 valence electrons. The molecule has 1 amide bonds. The minimum Gasteiger partial charge on any atom is -0.493 e. The summed E-state index contributed by atoms with van der Waals surface area (Å²) in [7, 11) is 1.53. The van der Waals surface area contributed by atoms with E-state index in [1.165, 1.54) is 25.3 Å². The maximum atomic E-state index is 12.1. The molecule has 0 aliphatic rings. The largest absolute Gasteiger partial charge is 0.493 e. The van der Waals surface area contributed by atoms with Gasteiger partial charge in [-0.25, -0.2) is 4.79 Å². The van der Waals surface area contributed by atoms with E-state index in [4.69, 9.17) is 21.0 Å². The van der Waals surface area contributed by atoms with Crippen LogP contribution in [-0.2, 0) is 4.79 Å². The fourth-order valence-electron chi connectivity index (χ4n) is 2.25. The van der Waals surface area contributed by atoms with Crippen molar-refractivity contribution in [3.63, 3.8) is 0 Å². The molecule has 0 bridgehead atoms. The fraction of sp³-hybridized carbons (Fsp3) is 0.143. The van der Waals surface area contributed by atoms with E-state index in [9.17, 15) is 9.59 Å². The Morgan fingerprint density at radius 3 is 2.70 bits per heavy atom. The van der Waals surface area contributed by atoms with Crippen LogP contribution in [0, 0.1) is 12.3 Å². The second kappa shape index (κ2) is 9.68. The molecule has 0 atom stereocenters. The number of carboxylic acids is 1. The average Bonchev–Trinajstić information content (AvgIpc) is 2.67. The van der Waals surface area contributed by atoms with Gasteiger partial charge in [-0.15, -0.1) is 12.3 Å². The third kappa shape index (κ3) is 5.65. The standard InChI is InChI=1S/C21H19NO5/c1-3-4-13-27-19-14-15(9-11-18(19)26-2)10-12-20(23)22-17-8-6-5-7-16(17)21(24)25/h1,5-12,14H,4,13H2,2H3,(H,22,23)(H,24,25)/b12-10+. The van der Waals surface area contributed by atoms with Crippen molar-refractivity contribution >= 4 is 23.6 Å². The van der Waals surface area contributed by atoms with Crippen molar-refractivity contribution < 1.29 is 24.2 Å². The van der Waals surface area contributed by atoms with Gasteiger partial charge in [-0.2, -0.15) is 0 Å². The van der Waals surface area contributed by atoms with Crippen LogP contribution in [0.5, 0.6) is 11.5 Å². The van der Waals surface area contributed by atoms with Gasteiger partial charge in [0.2, 0.25) is 5.91 Å². The summed E-state index contributed by atoms with van der Waals surface area (Å²) in [5.74, 6) is 2.01. The first-order valence-electron chi connectivity index (χ1n) is 8.11. The third-order valence-electron chi connectivity index (χ3n) is 3.53. The van der Waals surface area contributed by atoms with Crippen molar-refractivity contribution in [2.45, 2.75) is 6.42 Å². The van der Waals surface area contributed by atoms with E-state index in [0.29, 0.717) is 30.1 Å². The van der Waals surface area contributed by atoms with Gasteiger partial charge in [0.05, 0.1) is 25.0 Å². The zero-order chi connectivity index (χ0) is 19.6. The van der Waals surface area contributed by atoms with E-state index < -0.39 is 11.9 Å². The molecule has 0 aliphatic carbocycles. The number of methoxy groups -OCH3 is 1. The Kier molecular flexibility index (Phi) is 7.03. The van der Waals surface area contributed by atoms with Crippen molar-refractivity contribution in [3.8, 4) is 23.8 Å². The highest BCUT2D eigenvalue weighted by molar-refractivity contribution is 6.06. The summed E-state index contributed by atoms with van der Waals surface area (Å²) in [6, 6.07) is 11.4. The number of aromatic carboxylic acids is 1. The molecule has 6 heteroatoms. The zero-order valence-electron chi connectivity index (χ0n) is 14.8. The number of anilines is 1. The fourth-order valence-corrected chi connectivity index (χ4v) is 2.25. The van der Waals surface area contributed by atoms with Gasteiger partial charge in [0, 0.05) is 12.5 Å². The Morgan fingerprint density at radius 1 is 1.22 bits per heavy atom. The molecule has 0 fully saturated rings. The number of para-hydroxylation sites is 1. The van der Waals surface area contributed by atoms with Crippen LogP contribution in [0.4, 0.5) is 5.69 Å². The predicted molar refractivity (Wildman–Crippen MR) is 103 cm³/mol. The lowest BCUT2D eigenvalue weighted by Crippen LogP contribution is -2.11. The molecule has 0 aromatic heterocycles. The molecule has 2 aromatic carbocycles. The summed E-state index contributed by atoms with van der Waals surface area (Å²) < 4.78 is 10.8. The Balaban J connectivity index is 2.11. The Morgan fingerprint density at radius 2 is 2.00 bits per heavy atom. The van der Waals surface area contributed by atoms with Crippen molar-refractivity contribution in [2.75, 3.05) is 19.0 Å². The number of rotatable bonds is 8. The van der Waals surface area contributed by atoms with Gasteiger partial charge < -0.3 is 19.9 Å². The van der Waals surface area contributed by atoms with Crippen LogP contribution < -0.4 is 14.8 Å². The van der Waals surface area contributed by atoms with Gasteiger partial charge in [0.25, 0.3) is 0 Å². The van der Waals surface area contributed by atoms with E-state index >= 15 is 0 Å². The molecule has 0 spiro atoms. The molecule has 2 aromatic rings. The summed E-state index contributed by atoms with van der Waals surface area (Å²) in [5.41, 5.74) is 0.966. The molecule has 0 heterocycles. The number of terminal acetylenes is 1. The number of hydrogen-bond acceptors (Lipinski definition) is 4. The smallest absolute Gasteiger partial charge is 0.337 e. The van der Waals surface area contributed by atoms with Gasteiger partial charge in [-0.3, -0.25) is 4.79 Å². The zero-order valence-corrected chi connectivity index (χ0v) is 14.8. The molecule has 2 rings (SSSR count). The Bertz CT molecular complexity index is 896. The first kappa shape index (κ1) is 19.6. The van der Waals surface area contributed by atoms with Gasteiger partial charge in [0.15, 0.2) is 11.5 Å². The summed E-state index contributed by atoms with van der Waals surface area (Å²) in [5, 5.41) is 11.7. The van der Waals surface area contributed by atoms with E-state index in [2.05, 4.69) is 11.2 Å². The molecular formula is C21H19NO5. The van der Waals surface area contributed by atoms with Gasteiger partial charge in [0.1, 0.15) is 0 Å². The van der Waals surface area contributed by atoms with E-state index in [1.54, 1.807) is 36.4 Å². The number of amides is 1. The topological polar surface area (TPSA) is 84.9 Å². The van der Waals surface area contributed by atoms with Gasteiger partial charge >= 0.3 is 5.97 Å². The number of ether oxygens (including phenoxy) is 2. The summed E-state index contributed by atoms with van der Waals surface area (Å²) in [4.78, 5) is 23.3. The monoisotopic (exact) mass is 365 g/mol. The Labute approximate surface area is 157 Å². The second-order valence-electron chi connectivity index (χ2n) is 5.39. The number of nitrogens with one attached hydrogen (secondary N) is 1. The van der Waals surface area contributed by atoms with Crippen LogP contribution in [0.2, 0.25) is 0 Å². The number of carbonyl (C=O) groups excluding carboxylic acids is 1. The quantitative estimate of drug-likeness (QED) is 0.425. The molecule has 0 aliphatic heterocycles. The van der Waals surface area contributed by atoms with E-state index in [0.717, 1.165) is 0 Å². The molecule has 0 saturated carbocycles. The van der Waals surface area contributed by atoms with Gasteiger partial charge in [-0.05, 0) is 35.9 Å². The average molecular weight is 365 g/mol. The number of hydrogen-bond donors (Lipinski definition) is 2. The van der Waals surface area contributed by atoms with Crippen LogP contribution in [0.15, 0.2) is 48.5 Å².